The zero-order chi connectivity index (χ0) is 20.4. The van der Waals surface area contributed by atoms with E-state index < -0.39 is 11.9 Å². The maximum atomic E-state index is 13.2. The van der Waals surface area contributed by atoms with Crippen LogP contribution >= 0.6 is 11.6 Å². The number of aromatic nitrogens is 4. The third-order valence-corrected chi connectivity index (χ3v) is 5.21. The molecule has 6 nitrogen and oxygen atoms in total. The van der Waals surface area contributed by atoms with Gasteiger partial charge in [0.15, 0.2) is 5.65 Å². The Labute approximate surface area is 170 Å². The number of hydrogen-bond donors (Lipinski definition) is 1. The fraction of sp³-hybridized carbons (Fsp3) is 0.368. The molecule has 3 aromatic rings. The van der Waals surface area contributed by atoms with E-state index >= 15 is 0 Å². The molecular weight excluding hydrogens is 405 g/mol. The van der Waals surface area contributed by atoms with Crippen molar-refractivity contribution in [3.8, 4) is 0 Å². The van der Waals surface area contributed by atoms with Crippen LogP contribution in [-0.2, 0) is 12.7 Å². The third-order valence-electron chi connectivity index (χ3n) is 4.77. The van der Waals surface area contributed by atoms with E-state index in [1.165, 1.54) is 12.1 Å². The van der Waals surface area contributed by atoms with Crippen LogP contribution < -0.4 is 10.2 Å². The van der Waals surface area contributed by atoms with Gasteiger partial charge in [-0.2, -0.15) is 23.1 Å². The minimum atomic E-state index is -4.52. The largest absolute Gasteiger partial charge is 0.433 e. The molecule has 3 aromatic heterocycles. The Morgan fingerprint density at radius 3 is 2.55 bits per heavy atom. The highest BCUT2D eigenvalue weighted by Gasteiger charge is 2.35. The second-order valence-corrected chi connectivity index (χ2v) is 7.39. The molecule has 1 fully saturated rings. The van der Waals surface area contributed by atoms with Crippen LogP contribution in [0.25, 0.3) is 11.0 Å². The summed E-state index contributed by atoms with van der Waals surface area (Å²) in [4.78, 5) is 18.9. The van der Waals surface area contributed by atoms with Crippen molar-refractivity contribution in [2.45, 2.75) is 30.9 Å². The van der Waals surface area contributed by atoms with Gasteiger partial charge in [0.1, 0.15) is 11.5 Å². The monoisotopic (exact) mass is 422 g/mol. The maximum Gasteiger partial charge on any atom is 0.433 e. The Hall–Kier alpha value is -2.68. The highest BCUT2D eigenvalue weighted by molar-refractivity contribution is 6.20. The quantitative estimate of drug-likeness (QED) is 0.634. The standard InChI is InChI=1S/C19H18ClF3N6/c20-13-5-9-29(10-6-13)18-27-16-14(4-2-8-25-16)17(28-18)26-11-12-3-1-7-24-15(12)19(21,22)23/h1-4,7-8,13H,5-6,9-11H2,(H,25,26,27,28). The van der Waals surface area contributed by atoms with E-state index in [2.05, 4.69) is 25.3 Å². The molecule has 1 N–H and O–H groups in total. The van der Waals surface area contributed by atoms with E-state index in [4.69, 9.17) is 11.6 Å². The van der Waals surface area contributed by atoms with E-state index in [1.54, 1.807) is 18.3 Å². The van der Waals surface area contributed by atoms with Crippen molar-refractivity contribution in [3.05, 3.63) is 47.9 Å². The van der Waals surface area contributed by atoms with E-state index in [0.717, 1.165) is 19.0 Å². The summed E-state index contributed by atoms with van der Waals surface area (Å²) in [5.74, 6) is 0.924. The molecule has 1 aliphatic heterocycles. The lowest BCUT2D eigenvalue weighted by Crippen LogP contribution is -2.35. The van der Waals surface area contributed by atoms with Gasteiger partial charge in [0.2, 0.25) is 5.95 Å². The highest BCUT2D eigenvalue weighted by atomic mass is 35.5. The molecule has 0 unspecified atom stereocenters. The smallest absolute Gasteiger partial charge is 0.365 e. The molecule has 0 aromatic carbocycles. The summed E-state index contributed by atoms with van der Waals surface area (Å²) < 4.78 is 39.7. The Morgan fingerprint density at radius 2 is 1.79 bits per heavy atom. The molecule has 4 rings (SSSR count). The summed E-state index contributed by atoms with van der Waals surface area (Å²) in [5, 5.41) is 3.79. The van der Waals surface area contributed by atoms with Gasteiger partial charge in [-0.3, -0.25) is 4.98 Å². The lowest BCUT2D eigenvalue weighted by atomic mass is 10.1. The summed E-state index contributed by atoms with van der Waals surface area (Å²) in [5.41, 5.74) is -0.385. The predicted octanol–water partition coefficient (Wildman–Crippen LogP) is 4.26. The number of nitrogens with zero attached hydrogens (tertiary/aromatic N) is 5. The molecule has 4 heterocycles. The van der Waals surface area contributed by atoms with Gasteiger partial charge >= 0.3 is 6.18 Å². The van der Waals surface area contributed by atoms with Crippen LogP contribution in [0.5, 0.6) is 0 Å². The molecule has 0 bridgehead atoms. The number of fused-ring (bicyclic) bond motifs is 1. The normalized spacial score (nSPS) is 15.7. The molecule has 1 saturated heterocycles. The van der Waals surface area contributed by atoms with E-state index in [1.807, 2.05) is 4.90 Å². The fourth-order valence-corrected chi connectivity index (χ4v) is 3.49. The van der Waals surface area contributed by atoms with Crippen molar-refractivity contribution in [2.75, 3.05) is 23.3 Å². The molecular formula is C19H18ClF3N6. The van der Waals surface area contributed by atoms with Crippen LogP contribution in [0.2, 0.25) is 0 Å². The topological polar surface area (TPSA) is 66.8 Å². The second-order valence-electron chi connectivity index (χ2n) is 6.77. The highest BCUT2D eigenvalue weighted by Crippen LogP contribution is 2.31. The molecule has 10 heteroatoms. The minimum Gasteiger partial charge on any atom is -0.365 e. The van der Waals surface area contributed by atoms with Crippen molar-refractivity contribution < 1.29 is 13.2 Å². The average Bonchev–Trinajstić information content (AvgIpc) is 2.72. The Kier molecular flexibility index (Phi) is 5.40. The van der Waals surface area contributed by atoms with Gasteiger partial charge in [-0.05, 0) is 31.0 Å². The number of piperidine rings is 1. The lowest BCUT2D eigenvalue weighted by Gasteiger charge is -2.29. The van der Waals surface area contributed by atoms with E-state index in [9.17, 15) is 13.2 Å². The lowest BCUT2D eigenvalue weighted by molar-refractivity contribution is -0.141. The number of halogens is 4. The molecule has 0 spiro atoms. The number of anilines is 2. The first-order chi connectivity index (χ1) is 13.9. The zero-order valence-electron chi connectivity index (χ0n) is 15.3. The van der Waals surface area contributed by atoms with Crippen LogP contribution in [0.15, 0.2) is 36.7 Å². The number of hydrogen-bond acceptors (Lipinski definition) is 6. The van der Waals surface area contributed by atoms with Gasteiger partial charge in [-0.25, -0.2) is 4.98 Å². The van der Waals surface area contributed by atoms with Gasteiger partial charge in [-0.1, -0.05) is 6.07 Å². The van der Waals surface area contributed by atoms with Crippen LogP contribution in [-0.4, -0.2) is 38.4 Å². The number of rotatable bonds is 4. The first-order valence-electron chi connectivity index (χ1n) is 9.18. The number of alkyl halides is 4. The van der Waals surface area contributed by atoms with Crippen LogP contribution in [0.3, 0.4) is 0 Å². The van der Waals surface area contributed by atoms with Gasteiger partial charge in [0, 0.05) is 43.0 Å². The Morgan fingerprint density at radius 1 is 1.07 bits per heavy atom. The van der Waals surface area contributed by atoms with Crippen molar-refractivity contribution in [1.29, 1.82) is 0 Å². The molecule has 0 amide bonds. The molecule has 0 radical (unpaired) electrons. The van der Waals surface area contributed by atoms with E-state index in [-0.39, 0.29) is 17.5 Å². The van der Waals surface area contributed by atoms with Crippen molar-refractivity contribution in [1.82, 2.24) is 19.9 Å². The molecule has 0 saturated carbocycles. The SMILES string of the molecule is FC(F)(F)c1ncccc1CNc1nc(N2CCC(Cl)CC2)nc2ncccc12. The number of pyridine rings is 2. The molecule has 152 valence electrons. The van der Waals surface area contributed by atoms with Gasteiger partial charge in [0.25, 0.3) is 0 Å². The zero-order valence-corrected chi connectivity index (χ0v) is 16.1. The van der Waals surface area contributed by atoms with Gasteiger partial charge in [0.05, 0.1) is 5.39 Å². The summed E-state index contributed by atoms with van der Waals surface area (Å²) in [6.45, 7) is 1.35. The summed E-state index contributed by atoms with van der Waals surface area (Å²) in [7, 11) is 0. The molecule has 0 atom stereocenters. The van der Waals surface area contributed by atoms with Crippen molar-refractivity contribution in [2.24, 2.45) is 0 Å². The van der Waals surface area contributed by atoms with Crippen molar-refractivity contribution >= 4 is 34.4 Å². The van der Waals surface area contributed by atoms with E-state index in [0.29, 0.717) is 35.9 Å². The van der Waals surface area contributed by atoms with Crippen LogP contribution in [0, 0.1) is 0 Å². The minimum absolute atomic E-state index is 0.0418. The molecule has 29 heavy (non-hydrogen) atoms. The van der Waals surface area contributed by atoms with Crippen molar-refractivity contribution in [3.63, 3.8) is 0 Å². The summed E-state index contributed by atoms with van der Waals surface area (Å²) in [6, 6.07) is 6.40. The second kappa shape index (κ2) is 7.98. The molecule has 0 aliphatic carbocycles. The Bertz CT molecular complexity index is 1000. The number of nitrogens with one attached hydrogen (secondary N) is 1. The first-order valence-corrected chi connectivity index (χ1v) is 9.62. The third kappa shape index (κ3) is 4.34. The summed E-state index contributed by atoms with van der Waals surface area (Å²) >= 11 is 6.17. The van der Waals surface area contributed by atoms with Crippen LogP contribution in [0.4, 0.5) is 24.9 Å². The summed E-state index contributed by atoms with van der Waals surface area (Å²) in [6.07, 6.45) is -0.132. The first kappa shape index (κ1) is 19.6. The van der Waals surface area contributed by atoms with Gasteiger partial charge in [-0.15, -0.1) is 11.6 Å². The van der Waals surface area contributed by atoms with Gasteiger partial charge < -0.3 is 10.2 Å². The average molecular weight is 423 g/mol. The Balaban J connectivity index is 1.65. The predicted molar refractivity (Wildman–Crippen MR) is 105 cm³/mol. The fourth-order valence-electron chi connectivity index (χ4n) is 3.29. The van der Waals surface area contributed by atoms with Crippen LogP contribution in [0.1, 0.15) is 24.1 Å². The molecule has 1 aliphatic rings. The maximum absolute atomic E-state index is 13.2.